The molecule has 0 bridgehead atoms. The summed E-state index contributed by atoms with van der Waals surface area (Å²) in [5.74, 6) is 0.872. The maximum Gasteiger partial charge on any atom is 0.298 e. The third-order valence-corrected chi connectivity index (χ3v) is 5.62. The van der Waals surface area contributed by atoms with Crippen molar-refractivity contribution in [1.29, 1.82) is 0 Å². The number of amides is 2. The summed E-state index contributed by atoms with van der Waals surface area (Å²) in [6, 6.07) is 18.5. The topological polar surface area (TPSA) is 50.5 Å². The first-order valence-corrected chi connectivity index (χ1v) is 9.83. The molecule has 0 unspecified atom stereocenters. The van der Waals surface area contributed by atoms with Gasteiger partial charge in [0.15, 0.2) is 0 Å². The number of aryl methyl sites for hydroxylation is 1. The van der Waals surface area contributed by atoms with Gasteiger partial charge in [-0.25, -0.2) is 4.90 Å². The summed E-state index contributed by atoms with van der Waals surface area (Å²) in [6.07, 6.45) is 1.61. The van der Waals surface area contributed by atoms with E-state index in [9.17, 15) is 9.59 Å². The van der Waals surface area contributed by atoms with Crippen LogP contribution >= 0.6 is 27.7 Å². The van der Waals surface area contributed by atoms with Crippen molar-refractivity contribution in [3.63, 3.8) is 0 Å². The highest BCUT2D eigenvalue weighted by Crippen LogP contribution is 2.37. The quantitative estimate of drug-likeness (QED) is 0.451. The number of carbonyl (C=O) groups excluding carboxylic acids is 2. The van der Waals surface area contributed by atoms with Gasteiger partial charge in [-0.05, 0) is 60.6 Å². The molecule has 2 heterocycles. The summed E-state index contributed by atoms with van der Waals surface area (Å²) >= 11 is 4.46. The van der Waals surface area contributed by atoms with Crippen LogP contribution in [0.25, 0.3) is 17.4 Å². The van der Waals surface area contributed by atoms with Crippen LogP contribution in [0.4, 0.5) is 10.5 Å². The average Bonchev–Trinajstić information content (AvgIpc) is 3.21. The number of halogens is 1. The number of imide groups is 1. The molecule has 4 nitrogen and oxygen atoms in total. The minimum atomic E-state index is -0.342. The first-order valence-electron chi connectivity index (χ1n) is 8.22. The number of benzene rings is 2. The van der Waals surface area contributed by atoms with Crippen LogP contribution in [0.2, 0.25) is 0 Å². The van der Waals surface area contributed by atoms with Gasteiger partial charge in [-0.15, -0.1) is 0 Å². The Bertz CT molecular complexity index is 1070. The Kier molecular flexibility index (Phi) is 4.76. The van der Waals surface area contributed by atoms with E-state index in [0.717, 1.165) is 27.4 Å². The Morgan fingerprint density at radius 2 is 1.81 bits per heavy atom. The molecule has 1 aromatic heterocycles. The number of hydrogen-bond donors (Lipinski definition) is 0. The summed E-state index contributed by atoms with van der Waals surface area (Å²) in [6.45, 7) is 2.02. The second-order valence-electron chi connectivity index (χ2n) is 6.04. The molecule has 134 valence electrons. The number of para-hydroxylation sites is 1. The van der Waals surface area contributed by atoms with Crippen molar-refractivity contribution < 1.29 is 14.0 Å². The van der Waals surface area contributed by atoms with Crippen LogP contribution in [0.1, 0.15) is 11.3 Å². The summed E-state index contributed by atoms with van der Waals surface area (Å²) in [5, 5.41) is -0.314. The smallest absolute Gasteiger partial charge is 0.298 e. The van der Waals surface area contributed by atoms with Gasteiger partial charge in [0.25, 0.3) is 11.1 Å². The fraction of sp³-hybridized carbons (Fsp3) is 0.0476. The molecule has 0 saturated carbocycles. The molecule has 0 N–H and O–H groups in total. The number of rotatable bonds is 3. The number of furan rings is 1. The third-order valence-electron chi connectivity index (χ3n) is 4.10. The molecule has 27 heavy (non-hydrogen) atoms. The van der Waals surface area contributed by atoms with Crippen LogP contribution in [-0.2, 0) is 4.79 Å². The molecule has 2 amide bonds. The van der Waals surface area contributed by atoms with Crippen molar-refractivity contribution in [2.45, 2.75) is 6.92 Å². The van der Waals surface area contributed by atoms with Crippen molar-refractivity contribution in [3.8, 4) is 11.3 Å². The van der Waals surface area contributed by atoms with Gasteiger partial charge in [0.1, 0.15) is 11.5 Å². The molecule has 1 aliphatic heterocycles. The fourth-order valence-corrected chi connectivity index (χ4v) is 4.30. The Morgan fingerprint density at radius 3 is 2.56 bits per heavy atom. The number of anilines is 1. The minimum absolute atomic E-state index is 0.314. The number of carbonyl (C=O) groups is 2. The van der Waals surface area contributed by atoms with E-state index in [2.05, 4.69) is 15.9 Å². The first kappa shape index (κ1) is 17.8. The largest absolute Gasteiger partial charge is 0.457 e. The molecule has 1 saturated heterocycles. The van der Waals surface area contributed by atoms with Crippen LogP contribution in [0.3, 0.4) is 0 Å². The van der Waals surface area contributed by atoms with Crippen molar-refractivity contribution in [1.82, 2.24) is 0 Å². The molecule has 3 aromatic rings. The maximum atomic E-state index is 12.7. The SMILES string of the molecule is Cc1ccc(-c2ccc(/C=C3/SC(=O)N(c4ccccc4)C3=O)o2)c(Br)c1. The Morgan fingerprint density at radius 1 is 1.04 bits per heavy atom. The molecule has 6 heteroatoms. The first-order chi connectivity index (χ1) is 13.0. The highest BCUT2D eigenvalue weighted by atomic mass is 79.9. The summed E-state index contributed by atoms with van der Waals surface area (Å²) in [7, 11) is 0. The predicted molar refractivity (Wildman–Crippen MR) is 111 cm³/mol. The van der Waals surface area contributed by atoms with Crippen LogP contribution in [0, 0.1) is 6.92 Å². The van der Waals surface area contributed by atoms with E-state index in [1.54, 1.807) is 36.4 Å². The number of nitrogens with zero attached hydrogens (tertiary/aromatic N) is 1. The van der Waals surface area contributed by atoms with E-state index >= 15 is 0 Å². The summed E-state index contributed by atoms with van der Waals surface area (Å²) in [4.78, 5) is 26.5. The van der Waals surface area contributed by atoms with Crippen molar-refractivity contribution in [3.05, 3.63) is 81.4 Å². The second kappa shape index (κ2) is 7.21. The molecule has 2 aromatic carbocycles. The molecular formula is C21H14BrNO3S. The Labute approximate surface area is 169 Å². The molecular weight excluding hydrogens is 426 g/mol. The van der Waals surface area contributed by atoms with Gasteiger partial charge in [-0.3, -0.25) is 9.59 Å². The zero-order valence-corrected chi connectivity index (χ0v) is 16.7. The molecule has 1 aliphatic rings. The van der Waals surface area contributed by atoms with Crippen molar-refractivity contribution in [2.75, 3.05) is 4.90 Å². The normalized spacial score (nSPS) is 15.8. The highest BCUT2D eigenvalue weighted by molar-refractivity contribution is 9.10. The Balaban J connectivity index is 1.62. The van der Waals surface area contributed by atoms with Gasteiger partial charge in [0, 0.05) is 16.1 Å². The number of thioether (sulfide) groups is 1. The van der Waals surface area contributed by atoms with Gasteiger partial charge in [-0.2, -0.15) is 0 Å². The van der Waals surface area contributed by atoms with E-state index in [1.165, 1.54) is 4.90 Å². The van der Waals surface area contributed by atoms with E-state index < -0.39 is 0 Å². The molecule has 0 radical (unpaired) electrons. The zero-order chi connectivity index (χ0) is 19.0. The van der Waals surface area contributed by atoms with Crippen LogP contribution in [-0.4, -0.2) is 11.1 Å². The number of hydrogen-bond acceptors (Lipinski definition) is 4. The lowest BCUT2D eigenvalue weighted by Gasteiger charge is -2.11. The van der Waals surface area contributed by atoms with E-state index in [-0.39, 0.29) is 11.1 Å². The van der Waals surface area contributed by atoms with Gasteiger partial charge >= 0.3 is 0 Å². The van der Waals surface area contributed by atoms with E-state index in [1.807, 2.05) is 37.3 Å². The Hall–Kier alpha value is -2.57. The van der Waals surface area contributed by atoms with Crippen LogP contribution in [0.15, 0.2) is 74.5 Å². The van der Waals surface area contributed by atoms with Crippen LogP contribution in [0.5, 0.6) is 0 Å². The standard InChI is InChI=1S/C21H14BrNO3S/c1-13-7-9-16(17(22)11-13)18-10-8-15(26-18)12-19-20(24)23(21(25)27-19)14-5-3-2-4-6-14/h2-12H,1H3/b19-12+. The lowest BCUT2D eigenvalue weighted by molar-refractivity contribution is -0.113. The van der Waals surface area contributed by atoms with Gasteiger partial charge in [-0.1, -0.05) is 40.2 Å². The molecule has 4 rings (SSSR count). The van der Waals surface area contributed by atoms with Crippen molar-refractivity contribution >= 4 is 50.6 Å². The van der Waals surface area contributed by atoms with Crippen molar-refractivity contribution in [2.24, 2.45) is 0 Å². The van der Waals surface area contributed by atoms with Gasteiger partial charge in [0.05, 0.1) is 10.6 Å². The average molecular weight is 440 g/mol. The monoisotopic (exact) mass is 439 g/mol. The highest BCUT2D eigenvalue weighted by Gasteiger charge is 2.36. The zero-order valence-electron chi connectivity index (χ0n) is 14.3. The van der Waals surface area contributed by atoms with Gasteiger partial charge in [0.2, 0.25) is 0 Å². The summed E-state index contributed by atoms with van der Waals surface area (Å²) < 4.78 is 6.81. The third kappa shape index (κ3) is 3.50. The fourth-order valence-electron chi connectivity index (χ4n) is 2.79. The maximum absolute atomic E-state index is 12.7. The van der Waals surface area contributed by atoms with Gasteiger partial charge < -0.3 is 4.42 Å². The minimum Gasteiger partial charge on any atom is -0.457 e. The lowest BCUT2D eigenvalue weighted by Crippen LogP contribution is -2.27. The lowest BCUT2D eigenvalue weighted by atomic mass is 10.1. The summed E-state index contributed by atoms with van der Waals surface area (Å²) in [5.41, 5.74) is 2.64. The molecule has 1 fully saturated rings. The van der Waals surface area contributed by atoms with Crippen LogP contribution < -0.4 is 4.90 Å². The predicted octanol–water partition coefficient (Wildman–Crippen LogP) is 6.26. The molecule has 0 aliphatic carbocycles. The van der Waals surface area contributed by atoms with E-state index in [4.69, 9.17) is 4.42 Å². The molecule has 0 atom stereocenters. The van der Waals surface area contributed by atoms with E-state index in [0.29, 0.717) is 22.1 Å². The molecule has 0 spiro atoms. The second-order valence-corrected chi connectivity index (χ2v) is 7.89.